The van der Waals surface area contributed by atoms with E-state index in [1.807, 2.05) is 78.6 Å². The largest absolute Gasteiger partial charge is 0.309 e. The number of imide groups is 1. The van der Waals surface area contributed by atoms with Crippen molar-refractivity contribution >= 4 is 46.6 Å². The molecule has 0 spiro atoms. The molecule has 5 rings (SSSR count). The third-order valence-electron chi connectivity index (χ3n) is 7.49. The van der Waals surface area contributed by atoms with Crippen molar-refractivity contribution in [2.45, 2.75) is 45.1 Å². The van der Waals surface area contributed by atoms with Crippen molar-refractivity contribution in [3.05, 3.63) is 77.9 Å². The van der Waals surface area contributed by atoms with E-state index in [1.165, 1.54) is 4.90 Å². The Kier molecular flexibility index (Phi) is 8.62. The third kappa shape index (κ3) is 5.41. The Morgan fingerprint density at radius 2 is 1.43 bits per heavy atom. The zero-order valence-electron chi connectivity index (χ0n) is 21.3. The molecule has 3 amide bonds. The van der Waals surface area contributed by atoms with Crippen molar-refractivity contribution in [3.63, 3.8) is 0 Å². The summed E-state index contributed by atoms with van der Waals surface area (Å²) in [4.78, 5) is 44.7. The van der Waals surface area contributed by atoms with Crippen LogP contribution in [0.5, 0.6) is 0 Å². The van der Waals surface area contributed by atoms with Crippen LogP contribution >= 0.6 is 12.4 Å². The van der Waals surface area contributed by atoms with E-state index in [0.29, 0.717) is 24.1 Å². The zero-order valence-corrected chi connectivity index (χ0v) is 22.1. The van der Waals surface area contributed by atoms with Crippen molar-refractivity contribution in [3.8, 4) is 0 Å². The van der Waals surface area contributed by atoms with Gasteiger partial charge in [0.25, 0.3) is 11.8 Å². The lowest BCUT2D eigenvalue weighted by molar-refractivity contribution is -0.119. The molecule has 0 atom stereocenters. The fourth-order valence-electron chi connectivity index (χ4n) is 5.61. The first-order valence-corrected chi connectivity index (χ1v) is 13.1. The number of nitrogens with zero attached hydrogens (tertiary/aromatic N) is 3. The van der Waals surface area contributed by atoms with E-state index in [9.17, 15) is 14.4 Å². The molecule has 0 saturated carbocycles. The lowest BCUT2D eigenvalue weighted by Gasteiger charge is -2.38. The van der Waals surface area contributed by atoms with Gasteiger partial charge in [-0.05, 0) is 61.9 Å². The maximum absolute atomic E-state index is 13.1. The number of piperidine rings is 1. The van der Waals surface area contributed by atoms with Crippen LogP contribution < -0.4 is 4.90 Å². The molecule has 6 nitrogen and oxygen atoms in total. The Labute approximate surface area is 224 Å². The average molecular weight is 520 g/mol. The van der Waals surface area contributed by atoms with Gasteiger partial charge in [0, 0.05) is 54.3 Å². The first-order chi connectivity index (χ1) is 17.6. The predicted octanol–water partition coefficient (Wildman–Crippen LogP) is 5.55. The predicted molar refractivity (Wildman–Crippen MR) is 149 cm³/mol. The fraction of sp³-hybridized carbons (Fsp3) is 0.367. The van der Waals surface area contributed by atoms with Crippen LogP contribution in [-0.2, 0) is 4.79 Å². The molecule has 1 saturated heterocycles. The highest BCUT2D eigenvalue weighted by atomic mass is 35.5. The number of hydrogen-bond acceptors (Lipinski definition) is 4. The van der Waals surface area contributed by atoms with Gasteiger partial charge >= 0.3 is 0 Å². The second kappa shape index (κ2) is 11.9. The number of benzene rings is 3. The number of carbonyl (C=O) groups is 3. The molecule has 0 radical (unpaired) electrons. The van der Waals surface area contributed by atoms with E-state index in [1.54, 1.807) is 0 Å². The monoisotopic (exact) mass is 519 g/mol. The minimum atomic E-state index is -0.188. The summed E-state index contributed by atoms with van der Waals surface area (Å²) in [6, 6.07) is 21.5. The highest BCUT2D eigenvalue weighted by Gasteiger charge is 2.32. The molecule has 0 N–H and O–H groups in total. The summed E-state index contributed by atoms with van der Waals surface area (Å²) in [5.41, 5.74) is 2.22. The molecule has 2 aliphatic rings. The van der Waals surface area contributed by atoms with E-state index in [4.69, 9.17) is 0 Å². The van der Waals surface area contributed by atoms with E-state index < -0.39 is 0 Å². The van der Waals surface area contributed by atoms with Gasteiger partial charge in [0.1, 0.15) is 0 Å². The Morgan fingerprint density at radius 3 is 2.03 bits per heavy atom. The number of hydrogen-bond donors (Lipinski definition) is 0. The maximum Gasteiger partial charge on any atom is 0.261 e. The van der Waals surface area contributed by atoms with Crippen molar-refractivity contribution in [1.82, 2.24) is 9.80 Å². The highest BCUT2D eigenvalue weighted by Crippen LogP contribution is 2.30. The molecule has 2 aliphatic heterocycles. The molecule has 0 aromatic heterocycles. The normalized spacial score (nSPS) is 16.1. The van der Waals surface area contributed by atoms with Crippen LogP contribution in [0.3, 0.4) is 0 Å². The number of anilines is 1. The molecule has 3 aromatic carbocycles. The minimum absolute atomic E-state index is 0. The van der Waals surface area contributed by atoms with Gasteiger partial charge < -0.3 is 9.80 Å². The van der Waals surface area contributed by atoms with Gasteiger partial charge in [0.05, 0.1) is 0 Å². The first kappa shape index (κ1) is 26.8. The van der Waals surface area contributed by atoms with Crippen molar-refractivity contribution in [2.24, 2.45) is 0 Å². The summed E-state index contributed by atoms with van der Waals surface area (Å²) < 4.78 is 0. The van der Waals surface area contributed by atoms with Gasteiger partial charge in [-0.1, -0.05) is 49.4 Å². The van der Waals surface area contributed by atoms with Crippen molar-refractivity contribution < 1.29 is 14.4 Å². The molecule has 3 aromatic rings. The van der Waals surface area contributed by atoms with Gasteiger partial charge in [-0.25, -0.2) is 0 Å². The van der Waals surface area contributed by atoms with Gasteiger partial charge in [-0.2, -0.15) is 0 Å². The van der Waals surface area contributed by atoms with Crippen LogP contribution in [-0.4, -0.2) is 59.7 Å². The smallest absolute Gasteiger partial charge is 0.261 e. The zero-order chi connectivity index (χ0) is 25.1. The van der Waals surface area contributed by atoms with Crippen LogP contribution in [0.25, 0.3) is 10.8 Å². The second-order valence-electron chi connectivity index (χ2n) is 9.70. The molecule has 0 aliphatic carbocycles. The Bertz CT molecular complexity index is 1220. The topological polar surface area (TPSA) is 60.9 Å². The van der Waals surface area contributed by atoms with Gasteiger partial charge in [0.15, 0.2) is 0 Å². The van der Waals surface area contributed by atoms with E-state index >= 15 is 0 Å². The molecule has 0 unspecified atom stereocenters. The Morgan fingerprint density at radius 1 is 0.838 bits per heavy atom. The number of rotatable bonds is 8. The molecular weight excluding hydrogens is 486 g/mol. The molecule has 37 heavy (non-hydrogen) atoms. The highest BCUT2D eigenvalue weighted by molar-refractivity contribution is 6.25. The lowest BCUT2D eigenvalue weighted by atomic mass is 9.94. The molecule has 7 heteroatoms. The number of amides is 3. The van der Waals surface area contributed by atoms with Gasteiger partial charge in [0.2, 0.25) is 5.91 Å². The van der Waals surface area contributed by atoms with Crippen LogP contribution in [0, 0.1) is 0 Å². The van der Waals surface area contributed by atoms with Gasteiger partial charge in [-0.3, -0.25) is 19.3 Å². The fourth-order valence-corrected chi connectivity index (χ4v) is 5.61. The molecule has 0 bridgehead atoms. The SMILES string of the molecule is CCC(=O)N(c1ccccc1)C1CCN(CCCCN2C(=O)c3cccc4cccc(c34)C2=O)CC1.Cl. The number of para-hydroxylation sites is 1. The Balaban J connectivity index is 0.00000320. The summed E-state index contributed by atoms with van der Waals surface area (Å²) in [5.74, 6) is -0.203. The molecule has 1 fully saturated rings. The van der Waals surface area contributed by atoms with E-state index in [2.05, 4.69) is 4.90 Å². The van der Waals surface area contributed by atoms with Crippen LogP contribution in [0.2, 0.25) is 0 Å². The minimum Gasteiger partial charge on any atom is -0.309 e. The summed E-state index contributed by atoms with van der Waals surface area (Å²) in [6.07, 6.45) is 4.10. The first-order valence-electron chi connectivity index (χ1n) is 13.1. The Hall–Kier alpha value is -3.22. The third-order valence-corrected chi connectivity index (χ3v) is 7.49. The number of carbonyl (C=O) groups excluding carboxylic acids is 3. The van der Waals surface area contributed by atoms with Crippen LogP contribution in [0.1, 0.15) is 59.7 Å². The molecule has 2 heterocycles. The van der Waals surface area contributed by atoms with E-state index in [0.717, 1.165) is 61.8 Å². The number of halogens is 1. The van der Waals surface area contributed by atoms with Crippen molar-refractivity contribution in [1.29, 1.82) is 0 Å². The maximum atomic E-state index is 13.1. The summed E-state index contributed by atoms with van der Waals surface area (Å²) in [5, 5.41) is 1.71. The van der Waals surface area contributed by atoms with Crippen LogP contribution in [0.15, 0.2) is 66.7 Å². The summed E-state index contributed by atoms with van der Waals surface area (Å²) in [7, 11) is 0. The standard InChI is InChI=1S/C30H33N3O3.ClH/c1-2-27(34)33(23-12-4-3-5-13-23)24-16-20-31(21-17-24)18-6-7-19-32-29(35)25-14-8-10-22-11-9-15-26(28(22)25)30(32)36;/h3-5,8-15,24H,2,6-7,16-21H2,1H3;1H. The van der Waals surface area contributed by atoms with E-state index in [-0.39, 0.29) is 36.2 Å². The summed E-state index contributed by atoms with van der Waals surface area (Å²) in [6.45, 7) is 5.18. The molecule has 194 valence electrons. The second-order valence-corrected chi connectivity index (χ2v) is 9.70. The number of likely N-dealkylation sites (tertiary alicyclic amines) is 1. The number of unbranched alkanes of at least 4 members (excludes halogenated alkanes) is 1. The van der Waals surface area contributed by atoms with Crippen molar-refractivity contribution in [2.75, 3.05) is 31.1 Å². The average Bonchev–Trinajstić information content (AvgIpc) is 2.92. The lowest BCUT2D eigenvalue weighted by Crippen LogP contribution is -2.47. The quantitative estimate of drug-likeness (QED) is 0.289. The van der Waals surface area contributed by atoms with Crippen LogP contribution in [0.4, 0.5) is 5.69 Å². The summed E-state index contributed by atoms with van der Waals surface area (Å²) >= 11 is 0. The molecular formula is C30H34ClN3O3. The van der Waals surface area contributed by atoms with Gasteiger partial charge in [-0.15, -0.1) is 12.4 Å².